The van der Waals surface area contributed by atoms with Crippen LogP contribution in [-0.2, 0) is 11.8 Å². The summed E-state index contributed by atoms with van der Waals surface area (Å²) in [4.78, 5) is 28.2. The van der Waals surface area contributed by atoms with E-state index in [9.17, 15) is 9.59 Å². The fourth-order valence-corrected chi connectivity index (χ4v) is 2.71. The van der Waals surface area contributed by atoms with E-state index in [1.54, 1.807) is 34.9 Å². The van der Waals surface area contributed by atoms with E-state index in [1.807, 2.05) is 20.0 Å². The van der Waals surface area contributed by atoms with E-state index < -0.39 is 0 Å². The predicted octanol–water partition coefficient (Wildman–Crippen LogP) is 3.75. The Bertz CT molecular complexity index is 994. The summed E-state index contributed by atoms with van der Waals surface area (Å²) >= 11 is 5.98. The Balaban J connectivity index is 1.90. The molecule has 0 aliphatic rings. The molecule has 0 spiro atoms. The van der Waals surface area contributed by atoms with Crippen molar-refractivity contribution in [3.8, 4) is 0 Å². The molecule has 25 heavy (non-hydrogen) atoms. The molecule has 2 aromatic carbocycles. The number of hydrogen-bond donors (Lipinski definition) is 2. The SMILES string of the molecule is CC(=O)Nc1cc(C(=O)Nc2nc3cc(Cl)ccc3n2C)ccc1C. The van der Waals surface area contributed by atoms with Gasteiger partial charge in [0.05, 0.1) is 11.0 Å². The maximum Gasteiger partial charge on any atom is 0.258 e. The van der Waals surface area contributed by atoms with Gasteiger partial charge in [-0.2, -0.15) is 0 Å². The van der Waals surface area contributed by atoms with Crippen molar-refractivity contribution in [1.29, 1.82) is 0 Å². The number of rotatable bonds is 3. The molecule has 0 saturated carbocycles. The third-order valence-corrected chi connectivity index (χ3v) is 4.11. The van der Waals surface area contributed by atoms with Crippen molar-refractivity contribution in [2.24, 2.45) is 7.05 Å². The highest BCUT2D eigenvalue weighted by Crippen LogP contribution is 2.23. The van der Waals surface area contributed by atoms with Gasteiger partial charge in [0.15, 0.2) is 0 Å². The fourth-order valence-electron chi connectivity index (χ4n) is 2.55. The van der Waals surface area contributed by atoms with Crippen LogP contribution in [0.5, 0.6) is 0 Å². The largest absolute Gasteiger partial charge is 0.326 e. The number of hydrogen-bond acceptors (Lipinski definition) is 3. The second kappa shape index (κ2) is 6.57. The van der Waals surface area contributed by atoms with Crippen molar-refractivity contribution in [3.63, 3.8) is 0 Å². The third-order valence-electron chi connectivity index (χ3n) is 3.88. The van der Waals surface area contributed by atoms with Gasteiger partial charge in [-0.25, -0.2) is 4.98 Å². The number of carbonyl (C=O) groups excluding carboxylic acids is 2. The summed E-state index contributed by atoms with van der Waals surface area (Å²) in [5, 5.41) is 6.09. The van der Waals surface area contributed by atoms with Crippen LogP contribution in [0.15, 0.2) is 36.4 Å². The summed E-state index contributed by atoms with van der Waals surface area (Å²) in [5.41, 5.74) is 3.48. The molecule has 0 bridgehead atoms. The van der Waals surface area contributed by atoms with Gasteiger partial charge < -0.3 is 9.88 Å². The monoisotopic (exact) mass is 356 g/mol. The smallest absolute Gasteiger partial charge is 0.258 e. The van der Waals surface area contributed by atoms with Crippen LogP contribution in [0.1, 0.15) is 22.8 Å². The molecular weight excluding hydrogens is 340 g/mol. The van der Waals surface area contributed by atoms with Crippen LogP contribution in [0, 0.1) is 6.92 Å². The molecule has 0 fully saturated rings. The molecule has 0 saturated heterocycles. The van der Waals surface area contributed by atoms with Crippen LogP contribution < -0.4 is 10.6 Å². The lowest BCUT2D eigenvalue weighted by Gasteiger charge is -2.10. The number of aryl methyl sites for hydroxylation is 2. The minimum absolute atomic E-state index is 0.187. The second-order valence-corrected chi connectivity index (χ2v) is 6.23. The number of carbonyl (C=O) groups is 2. The first-order chi connectivity index (χ1) is 11.8. The summed E-state index contributed by atoms with van der Waals surface area (Å²) in [6, 6.07) is 10.5. The average molecular weight is 357 g/mol. The number of amides is 2. The van der Waals surface area contributed by atoms with Gasteiger partial charge in [0.2, 0.25) is 11.9 Å². The molecule has 2 N–H and O–H groups in total. The Kier molecular flexibility index (Phi) is 4.46. The fraction of sp³-hybridized carbons (Fsp3) is 0.167. The Labute approximate surface area is 149 Å². The predicted molar refractivity (Wildman–Crippen MR) is 99.2 cm³/mol. The zero-order valence-corrected chi connectivity index (χ0v) is 14.8. The Morgan fingerprint density at radius 1 is 1.12 bits per heavy atom. The number of nitrogens with zero attached hydrogens (tertiary/aromatic N) is 2. The maximum atomic E-state index is 12.6. The van der Waals surface area contributed by atoms with E-state index in [2.05, 4.69) is 15.6 Å². The number of anilines is 2. The van der Waals surface area contributed by atoms with Gasteiger partial charge in [0.1, 0.15) is 0 Å². The molecule has 2 amide bonds. The topological polar surface area (TPSA) is 76.0 Å². The molecule has 6 nitrogen and oxygen atoms in total. The van der Waals surface area contributed by atoms with E-state index in [0.717, 1.165) is 11.1 Å². The highest BCUT2D eigenvalue weighted by Gasteiger charge is 2.14. The summed E-state index contributed by atoms with van der Waals surface area (Å²) in [6.45, 7) is 3.29. The minimum atomic E-state index is -0.309. The van der Waals surface area contributed by atoms with Crippen LogP contribution >= 0.6 is 11.6 Å². The number of halogens is 1. The van der Waals surface area contributed by atoms with E-state index in [-0.39, 0.29) is 11.8 Å². The normalized spacial score (nSPS) is 10.7. The first-order valence-electron chi connectivity index (χ1n) is 7.66. The number of benzene rings is 2. The minimum Gasteiger partial charge on any atom is -0.326 e. The Hall–Kier alpha value is -2.86. The first kappa shape index (κ1) is 17.0. The Morgan fingerprint density at radius 3 is 2.60 bits per heavy atom. The summed E-state index contributed by atoms with van der Waals surface area (Å²) in [5.74, 6) is -0.0760. The van der Waals surface area contributed by atoms with E-state index in [4.69, 9.17) is 11.6 Å². The molecule has 1 heterocycles. The number of imidazole rings is 1. The lowest BCUT2D eigenvalue weighted by molar-refractivity contribution is -0.114. The summed E-state index contributed by atoms with van der Waals surface area (Å²) in [6.07, 6.45) is 0. The van der Waals surface area contributed by atoms with Crippen LogP contribution in [0.4, 0.5) is 11.6 Å². The van der Waals surface area contributed by atoms with Crippen molar-refractivity contribution in [2.45, 2.75) is 13.8 Å². The van der Waals surface area contributed by atoms with Gasteiger partial charge in [0.25, 0.3) is 5.91 Å². The van der Waals surface area contributed by atoms with Crippen molar-refractivity contribution >= 4 is 46.1 Å². The zero-order valence-electron chi connectivity index (χ0n) is 14.1. The number of aromatic nitrogens is 2. The summed E-state index contributed by atoms with van der Waals surface area (Å²) < 4.78 is 1.78. The van der Waals surface area contributed by atoms with Crippen LogP contribution in [0.25, 0.3) is 11.0 Å². The Morgan fingerprint density at radius 2 is 1.88 bits per heavy atom. The molecule has 1 aromatic heterocycles. The zero-order chi connectivity index (χ0) is 18.1. The second-order valence-electron chi connectivity index (χ2n) is 5.79. The van der Waals surface area contributed by atoms with E-state index in [1.165, 1.54) is 6.92 Å². The van der Waals surface area contributed by atoms with Gasteiger partial charge >= 0.3 is 0 Å². The van der Waals surface area contributed by atoms with Gasteiger partial charge in [-0.3, -0.25) is 14.9 Å². The summed E-state index contributed by atoms with van der Waals surface area (Å²) in [7, 11) is 1.82. The number of nitrogens with one attached hydrogen (secondary N) is 2. The van der Waals surface area contributed by atoms with E-state index in [0.29, 0.717) is 27.7 Å². The van der Waals surface area contributed by atoms with Crippen LogP contribution in [0.3, 0.4) is 0 Å². The molecule has 128 valence electrons. The van der Waals surface area contributed by atoms with Gasteiger partial charge in [0, 0.05) is 30.2 Å². The van der Waals surface area contributed by atoms with Crippen LogP contribution in [0.2, 0.25) is 5.02 Å². The van der Waals surface area contributed by atoms with Gasteiger partial charge in [-0.05, 0) is 42.8 Å². The van der Waals surface area contributed by atoms with Crippen molar-refractivity contribution in [2.75, 3.05) is 10.6 Å². The lowest BCUT2D eigenvalue weighted by Crippen LogP contribution is -2.16. The molecule has 3 rings (SSSR count). The van der Waals surface area contributed by atoms with Crippen molar-refractivity contribution < 1.29 is 9.59 Å². The molecule has 7 heteroatoms. The molecular formula is C18H17ClN4O2. The molecule has 0 unspecified atom stereocenters. The molecule has 0 aliphatic heterocycles. The average Bonchev–Trinajstić information content (AvgIpc) is 2.84. The highest BCUT2D eigenvalue weighted by molar-refractivity contribution is 6.31. The molecule has 0 aliphatic carbocycles. The van der Waals surface area contributed by atoms with E-state index >= 15 is 0 Å². The van der Waals surface area contributed by atoms with Crippen molar-refractivity contribution in [3.05, 3.63) is 52.5 Å². The van der Waals surface area contributed by atoms with Crippen molar-refractivity contribution in [1.82, 2.24) is 9.55 Å². The molecule has 0 atom stereocenters. The maximum absolute atomic E-state index is 12.6. The van der Waals surface area contributed by atoms with Gasteiger partial charge in [-0.15, -0.1) is 0 Å². The first-order valence-corrected chi connectivity index (χ1v) is 8.04. The lowest BCUT2D eigenvalue weighted by atomic mass is 10.1. The molecule has 3 aromatic rings. The highest BCUT2D eigenvalue weighted by atomic mass is 35.5. The van der Waals surface area contributed by atoms with Gasteiger partial charge in [-0.1, -0.05) is 17.7 Å². The van der Waals surface area contributed by atoms with Crippen LogP contribution in [-0.4, -0.2) is 21.4 Å². The number of fused-ring (bicyclic) bond motifs is 1. The third kappa shape index (κ3) is 3.49. The molecule has 0 radical (unpaired) electrons. The quantitative estimate of drug-likeness (QED) is 0.750. The standard InChI is InChI=1S/C18H17ClN4O2/c1-10-4-5-12(8-14(10)20-11(2)24)17(25)22-18-21-15-9-13(19)6-7-16(15)23(18)3/h4-9H,1-3H3,(H,20,24)(H,21,22,25).